The van der Waals surface area contributed by atoms with Gasteiger partial charge in [0.2, 0.25) is 0 Å². The molecule has 3 nitrogen and oxygen atoms in total. The van der Waals surface area contributed by atoms with Crippen LogP contribution in [0.1, 0.15) is 51.4 Å². The summed E-state index contributed by atoms with van der Waals surface area (Å²) in [6.45, 7) is 0. The highest BCUT2D eigenvalue weighted by Gasteiger charge is 2.50. The van der Waals surface area contributed by atoms with Gasteiger partial charge in [0, 0.05) is 0 Å². The van der Waals surface area contributed by atoms with Crippen LogP contribution in [0.2, 0.25) is 0 Å². The van der Waals surface area contributed by atoms with Crippen molar-refractivity contribution in [2.24, 2.45) is 17.8 Å². The molecule has 7 heteroatoms. The summed E-state index contributed by atoms with van der Waals surface area (Å²) >= 11 is 0. The molecule has 0 aliphatic heterocycles. The summed E-state index contributed by atoms with van der Waals surface area (Å²) < 4.78 is 69.6. The molecule has 118 valence electrons. The molecule has 0 heterocycles. The molecule has 2 aliphatic rings. The van der Waals surface area contributed by atoms with Crippen molar-refractivity contribution in [1.82, 2.24) is 0 Å². The van der Waals surface area contributed by atoms with E-state index in [-0.39, 0.29) is 11.8 Å². The molecule has 1 N–H and O–H groups in total. The maximum atomic E-state index is 12.9. The quantitative estimate of drug-likeness (QED) is 0.806. The average molecular weight is 314 g/mol. The molecule has 0 aromatic carbocycles. The number of hydrogen-bond acceptors (Lipinski definition) is 2. The van der Waals surface area contributed by atoms with Gasteiger partial charge < -0.3 is 0 Å². The van der Waals surface area contributed by atoms with Gasteiger partial charge in [0.05, 0.1) is 0 Å². The fourth-order valence-corrected chi connectivity index (χ4v) is 4.89. The Kier molecular flexibility index (Phi) is 4.69. The van der Waals surface area contributed by atoms with E-state index in [0.717, 1.165) is 38.5 Å². The Balaban J connectivity index is 2.13. The molecule has 0 aromatic heterocycles. The maximum absolute atomic E-state index is 12.9. The van der Waals surface area contributed by atoms with Crippen LogP contribution >= 0.6 is 0 Å². The van der Waals surface area contributed by atoms with Gasteiger partial charge >= 0.3 is 6.18 Å². The van der Waals surface area contributed by atoms with E-state index < -0.39 is 28.0 Å². The molecule has 2 fully saturated rings. The summed E-state index contributed by atoms with van der Waals surface area (Å²) in [4.78, 5) is 0. The van der Waals surface area contributed by atoms with Crippen LogP contribution in [-0.4, -0.2) is 24.4 Å². The largest absolute Gasteiger partial charge is 0.407 e. The zero-order chi connectivity index (χ0) is 15.0. The summed E-state index contributed by atoms with van der Waals surface area (Å²) in [5.74, 6) is 0.407. The monoisotopic (exact) mass is 314 g/mol. The zero-order valence-electron chi connectivity index (χ0n) is 11.3. The molecule has 2 aliphatic carbocycles. The lowest BCUT2D eigenvalue weighted by Crippen LogP contribution is -2.41. The van der Waals surface area contributed by atoms with Gasteiger partial charge in [-0.3, -0.25) is 4.55 Å². The van der Waals surface area contributed by atoms with Crippen molar-refractivity contribution in [2.75, 3.05) is 0 Å². The van der Waals surface area contributed by atoms with Crippen molar-refractivity contribution in [3.8, 4) is 0 Å². The van der Waals surface area contributed by atoms with Crippen molar-refractivity contribution in [3.63, 3.8) is 0 Å². The van der Waals surface area contributed by atoms with Crippen molar-refractivity contribution < 1.29 is 26.1 Å². The molecule has 2 rings (SSSR count). The summed E-state index contributed by atoms with van der Waals surface area (Å²) in [7, 11) is -5.08. The lowest BCUT2D eigenvalue weighted by molar-refractivity contribution is -0.137. The molecule has 0 radical (unpaired) electrons. The average Bonchev–Trinajstić information content (AvgIpc) is 2.33. The first-order chi connectivity index (χ1) is 9.19. The van der Waals surface area contributed by atoms with Gasteiger partial charge in [-0.1, -0.05) is 38.5 Å². The molecule has 0 saturated heterocycles. The normalized spacial score (nSPS) is 33.5. The van der Waals surface area contributed by atoms with E-state index in [1.54, 1.807) is 0 Å². The molecule has 20 heavy (non-hydrogen) atoms. The number of fused-ring (bicyclic) bond motifs is 1. The second kappa shape index (κ2) is 5.83. The Hall–Kier alpha value is -0.300. The first-order valence-corrected chi connectivity index (χ1v) is 8.73. The van der Waals surface area contributed by atoms with E-state index >= 15 is 0 Å². The Bertz CT molecular complexity index is 431. The first kappa shape index (κ1) is 16.1. The molecule has 0 bridgehead atoms. The van der Waals surface area contributed by atoms with Gasteiger partial charge in [-0.2, -0.15) is 21.6 Å². The minimum Gasteiger partial charge on any atom is -0.285 e. The third-order valence-electron chi connectivity index (χ3n) is 4.96. The van der Waals surface area contributed by atoms with Crippen molar-refractivity contribution >= 4 is 10.1 Å². The number of rotatable bonds is 3. The second-order valence-corrected chi connectivity index (χ2v) is 7.78. The Morgan fingerprint density at radius 1 is 1.05 bits per heavy atom. The summed E-state index contributed by atoms with van der Waals surface area (Å²) in [6.07, 6.45) is 1.25. The molecular weight excluding hydrogens is 293 g/mol. The number of alkyl halides is 3. The topological polar surface area (TPSA) is 54.4 Å². The van der Waals surface area contributed by atoms with Gasteiger partial charge in [0.1, 0.15) is 0 Å². The predicted octanol–water partition coefficient (Wildman–Crippen LogP) is 3.80. The van der Waals surface area contributed by atoms with Crippen LogP contribution < -0.4 is 0 Å². The van der Waals surface area contributed by atoms with Gasteiger partial charge in [-0.25, -0.2) is 0 Å². The summed E-state index contributed by atoms with van der Waals surface area (Å²) in [5, 5.41) is -2.62. The lowest BCUT2D eigenvalue weighted by atomic mass is 9.64. The van der Waals surface area contributed by atoms with E-state index in [2.05, 4.69) is 0 Å². The second-order valence-electron chi connectivity index (χ2n) is 6.18. The minimum atomic E-state index is -5.08. The highest BCUT2D eigenvalue weighted by Crippen LogP contribution is 2.47. The van der Waals surface area contributed by atoms with Crippen LogP contribution in [0.5, 0.6) is 0 Å². The predicted molar refractivity (Wildman–Crippen MR) is 68.8 cm³/mol. The van der Waals surface area contributed by atoms with Gasteiger partial charge in [0.25, 0.3) is 10.1 Å². The van der Waals surface area contributed by atoms with E-state index in [9.17, 15) is 21.6 Å². The fraction of sp³-hybridized carbons (Fsp3) is 1.00. The van der Waals surface area contributed by atoms with Gasteiger partial charge in [0.15, 0.2) is 5.25 Å². The third kappa shape index (κ3) is 3.67. The smallest absolute Gasteiger partial charge is 0.285 e. The van der Waals surface area contributed by atoms with E-state index in [0.29, 0.717) is 12.3 Å². The molecule has 4 atom stereocenters. The van der Waals surface area contributed by atoms with Crippen LogP contribution in [0.15, 0.2) is 0 Å². The van der Waals surface area contributed by atoms with Crippen LogP contribution in [0.4, 0.5) is 13.2 Å². The van der Waals surface area contributed by atoms with Crippen LogP contribution in [-0.2, 0) is 10.1 Å². The maximum Gasteiger partial charge on any atom is 0.407 e. The van der Waals surface area contributed by atoms with E-state index in [4.69, 9.17) is 4.55 Å². The molecule has 0 spiro atoms. The van der Waals surface area contributed by atoms with Gasteiger partial charge in [-0.15, -0.1) is 0 Å². The first-order valence-electron chi connectivity index (χ1n) is 7.22. The van der Waals surface area contributed by atoms with Crippen LogP contribution in [0.3, 0.4) is 0 Å². The highest BCUT2D eigenvalue weighted by atomic mass is 32.2. The summed E-state index contributed by atoms with van der Waals surface area (Å²) in [6, 6.07) is 0. The Morgan fingerprint density at radius 2 is 1.65 bits per heavy atom. The van der Waals surface area contributed by atoms with Crippen molar-refractivity contribution in [2.45, 2.75) is 62.8 Å². The van der Waals surface area contributed by atoms with E-state index in [1.165, 1.54) is 0 Å². The molecule has 4 unspecified atom stereocenters. The van der Waals surface area contributed by atoms with E-state index in [1.807, 2.05) is 0 Å². The van der Waals surface area contributed by atoms with Crippen molar-refractivity contribution in [1.29, 1.82) is 0 Å². The highest BCUT2D eigenvalue weighted by molar-refractivity contribution is 7.86. The SMILES string of the molecule is O=S(=O)(O)C(CC1CCCC2CCCCC21)C(F)(F)F. The van der Waals surface area contributed by atoms with Crippen LogP contribution in [0, 0.1) is 17.8 Å². The minimum absolute atomic E-state index is 0.198. The third-order valence-corrected chi connectivity index (χ3v) is 6.14. The Morgan fingerprint density at radius 3 is 2.25 bits per heavy atom. The lowest BCUT2D eigenvalue weighted by Gasteiger charge is -2.42. The van der Waals surface area contributed by atoms with Crippen molar-refractivity contribution in [3.05, 3.63) is 0 Å². The van der Waals surface area contributed by atoms with Gasteiger partial charge in [-0.05, 0) is 30.6 Å². The molecule has 2 saturated carbocycles. The van der Waals surface area contributed by atoms with Crippen LogP contribution in [0.25, 0.3) is 0 Å². The molecule has 0 aromatic rings. The Labute approximate surface area is 117 Å². The number of hydrogen-bond donors (Lipinski definition) is 1. The summed E-state index contributed by atoms with van der Waals surface area (Å²) in [5.41, 5.74) is 0. The standard InChI is InChI=1S/C13H21F3O3S/c14-13(15,16)12(20(17,18)19)8-10-6-3-5-9-4-1-2-7-11(9)10/h9-12H,1-8H2,(H,17,18,19). The molecule has 0 amide bonds. The fourth-order valence-electron chi connectivity index (χ4n) is 4.06. The number of halogens is 3. The molecular formula is C13H21F3O3S. The zero-order valence-corrected chi connectivity index (χ0v) is 12.1.